The Morgan fingerprint density at radius 2 is 1.69 bits per heavy atom. The van der Waals surface area contributed by atoms with Crippen LogP contribution >= 0.6 is 27.5 Å². The second kappa shape index (κ2) is 14.8. The van der Waals surface area contributed by atoms with Crippen molar-refractivity contribution in [3.8, 4) is 0 Å². The number of ether oxygens (including phenoxy) is 2. The average Bonchev–Trinajstić information content (AvgIpc) is 3.69. The molecule has 2 aromatic rings. The number of hydrogen-bond acceptors (Lipinski definition) is 7. The number of para-hydroxylation sites is 1. The molecule has 0 radical (unpaired) electrons. The predicted molar refractivity (Wildman–Crippen MR) is 188 cm³/mol. The number of aliphatic hydroxyl groups is 1. The van der Waals surface area contributed by atoms with E-state index in [-0.39, 0.29) is 37.9 Å². The lowest BCUT2D eigenvalue weighted by Gasteiger charge is -2.36. The van der Waals surface area contributed by atoms with E-state index in [1.807, 2.05) is 49.4 Å². The Morgan fingerprint density at radius 1 is 0.959 bits per heavy atom. The van der Waals surface area contributed by atoms with Gasteiger partial charge in [-0.05, 0) is 56.4 Å². The molecule has 7 atom stereocenters. The second-order valence-corrected chi connectivity index (χ2v) is 14.4. The van der Waals surface area contributed by atoms with Gasteiger partial charge in [0.2, 0.25) is 11.8 Å². The van der Waals surface area contributed by atoms with E-state index in [9.17, 15) is 24.3 Å². The first-order valence-electron chi connectivity index (χ1n) is 16.8. The molecule has 2 saturated heterocycles. The number of rotatable bonds is 7. The molecule has 0 saturated carbocycles. The van der Waals surface area contributed by atoms with E-state index < -0.39 is 53.6 Å². The molecule has 4 aliphatic heterocycles. The van der Waals surface area contributed by atoms with Crippen LogP contribution in [0.25, 0.3) is 0 Å². The van der Waals surface area contributed by atoms with E-state index in [0.29, 0.717) is 46.4 Å². The standard InChI is InChI=1S/C37H41BrClN3O7/c1-23-31(24-14-6-3-7-15-24)48-36(47)29-30-34(45)42(20-12-5-13-21-43)33(37(30)22-25(38)32(29)49-37)35(46)41(27-17-10-9-16-26(27)39)19-11-4-8-18-28(44)40(23)2/h3-4,6-7,9-11,14-17,22-23,29-33,43H,5,8,12-13,18-21H2,1-2H3/b11-4-/t23-,29+,30-,31+,32+,33+,37-/m0/s1. The molecule has 2 aromatic carbocycles. The number of hydrogen-bond donors (Lipinski definition) is 1. The number of fused-ring (bicyclic) bond motifs is 2. The molecule has 49 heavy (non-hydrogen) atoms. The molecular weight excluding hydrogens is 714 g/mol. The summed E-state index contributed by atoms with van der Waals surface area (Å²) in [5, 5.41) is 9.76. The highest BCUT2D eigenvalue weighted by molar-refractivity contribution is 9.11. The molecule has 6 rings (SSSR count). The second-order valence-electron chi connectivity index (χ2n) is 13.1. The molecule has 4 heterocycles. The van der Waals surface area contributed by atoms with E-state index in [0.717, 1.165) is 0 Å². The normalized spacial score (nSPS) is 31.2. The number of nitrogens with zero attached hydrogens (tertiary/aromatic N) is 3. The summed E-state index contributed by atoms with van der Waals surface area (Å²) in [4.78, 5) is 62.1. The maximum atomic E-state index is 15.0. The van der Waals surface area contributed by atoms with Crippen LogP contribution < -0.4 is 4.90 Å². The fourth-order valence-corrected chi connectivity index (χ4v) is 8.58. The lowest BCUT2D eigenvalue weighted by molar-refractivity contribution is -0.164. The summed E-state index contributed by atoms with van der Waals surface area (Å²) in [5.41, 5.74) is -0.275. The Balaban J connectivity index is 1.47. The van der Waals surface area contributed by atoms with Gasteiger partial charge >= 0.3 is 5.97 Å². The van der Waals surface area contributed by atoms with Crippen LogP contribution in [0, 0.1) is 11.8 Å². The van der Waals surface area contributed by atoms with Crippen molar-refractivity contribution in [3.63, 3.8) is 0 Å². The molecule has 0 aromatic heterocycles. The van der Waals surface area contributed by atoms with Crippen LogP contribution in [0.5, 0.6) is 0 Å². The van der Waals surface area contributed by atoms with Crippen LogP contribution in [0.15, 0.2) is 77.3 Å². The van der Waals surface area contributed by atoms with Gasteiger partial charge in [-0.1, -0.05) is 82.1 Å². The van der Waals surface area contributed by atoms with Gasteiger partial charge in [-0.15, -0.1) is 0 Å². The molecule has 4 aliphatic rings. The third-order valence-electron chi connectivity index (χ3n) is 10.2. The van der Waals surface area contributed by atoms with Gasteiger partial charge in [-0.25, -0.2) is 0 Å². The smallest absolute Gasteiger partial charge is 0.313 e. The lowest BCUT2D eigenvalue weighted by atomic mass is 9.74. The first-order chi connectivity index (χ1) is 23.6. The van der Waals surface area contributed by atoms with Crippen molar-refractivity contribution in [1.82, 2.24) is 9.80 Å². The molecule has 2 fully saturated rings. The minimum Gasteiger partial charge on any atom is -0.455 e. The number of unbranched alkanes of at least 4 members (excludes halogenated alkanes) is 2. The van der Waals surface area contributed by atoms with Crippen LogP contribution in [0.2, 0.25) is 5.02 Å². The molecule has 1 spiro atoms. The third-order valence-corrected chi connectivity index (χ3v) is 11.2. The first kappa shape index (κ1) is 35.3. The Labute approximate surface area is 299 Å². The summed E-state index contributed by atoms with van der Waals surface area (Å²) in [6, 6.07) is 14.6. The molecular formula is C37H41BrClN3O7. The Morgan fingerprint density at radius 3 is 2.43 bits per heavy atom. The number of aliphatic hydroxyl groups excluding tert-OH is 1. The average molecular weight is 755 g/mol. The summed E-state index contributed by atoms with van der Waals surface area (Å²) in [7, 11) is 1.70. The maximum absolute atomic E-state index is 15.0. The maximum Gasteiger partial charge on any atom is 0.313 e. The van der Waals surface area contributed by atoms with Gasteiger partial charge in [0.05, 0.1) is 22.7 Å². The zero-order chi connectivity index (χ0) is 34.9. The van der Waals surface area contributed by atoms with Crippen LogP contribution in [0.4, 0.5) is 5.69 Å². The molecule has 3 amide bonds. The summed E-state index contributed by atoms with van der Waals surface area (Å²) in [6.07, 6.45) is 6.18. The quantitative estimate of drug-likeness (QED) is 0.235. The van der Waals surface area contributed by atoms with E-state index in [1.54, 1.807) is 47.2 Å². The fourth-order valence-electron chi connectivity index (χ4n) is 7.60. The fraction of sp³-hybridized carbons (Fsp3) is 0.459. The molecule has 12 heteroatoms. The number of carbonyl (C=O) groups excluding carboxylic acids is 4. The van der Waals surface area contributed by atoms with Gasteiger partial charge in [-0.3, -0.25) is 19.2 Å². The topological polar surface area (TPSA) is 117 Å². The number of likely N-dealkylation sites (tertiary alicyclic amines) is 1. The highest BCUT2D eigenvalue weighted by Gasteiger charge is 2.75. The van der Waals surface area contributed by atoms with Crippen LogP contribution in [0.1, 0.15) is 50.7 Å². The highest BCUT2D eigenvalue weighted by atomic mass is 79.9. The van der Waals surface area contributed by atoms with Crippen molar-refractivity contribution in [2.75, 3.05) is 31.6 Å². The Bertz CT molecular complexity index is 1650. The zero-order valence-electron chi connectivity index (χ0n) is 27.5. The van der Waals surface area contributed by atoms with Crippen molar-refractivity contribution < 1.29 is 33.8 Å². The summed E-state index contributed by atoms with van der Waals surface area (Å²) >= 11 is 10.3. The molecule has 1 N–H and O–H groups in total. The summed E-state index contributed by atoms with van der Waals surface area (Å²) in [6.45, 7) is 2.22. The number of amides is 3. The van der Waals surface area contributed by atoms with Crippen LogP contribution in [-0.2, 0) is 28.7 Å². The zero-order valence-corrected chi connectivity index (χ0v) is 29.9. The molecule has 260 valence electrons. The minimum absolute atomic E-state index is 0.0195. The number of carbonyl (C=O) groups is 4. The lowest BCUT2D eigenvalue weighted by Crippen LogP contribution is -2.56. The Hall–Kier alpha value is -3.51. The van der Waals surface area contributed by atoms with E-state index in [1.165, 1.54) is 4.90 Å². The van der Waals surface area contributed by atoms with Crippen molar-refractivity contribution in [1.29, 1.82) is 0 Å². The molecule has 0 aliphatic carbocycles. The number of esters is 1. The number of cyclic esters (lactones) is 1. The molecule has 10 nitrogen and oxygen atoms in total. The first-order valence-corrected chi connectivity index (χ1v) is 18.0. The van der Waals surface area contributed by atoms with Crippen molar-refractivity contribution in [2.24, 2.45) is 11.8 Å². The highest BCUT2D eigenvalue weighted by Crippen LogP contribution is 2.59. The predicted octanol–water partition coefficient (Wildman–Crippen LogP) is 5.19. The van der Waals surface area contributed by atoms with Crippen molar-refractivity contribution in [2.45, 2.75) is 68.9 Å². The minimum atomic E-state index is -1.45. The van der Waals surface area contributed by atoms with Gasteiger partial charge in [0.15, 0.2) is 0 Å². The van der Waals surface area contributed by atoms with Gasteiger partial charge in [0, 0.05) is 37.6 Å². The SMILES string of the molecule is C[C@H]1[C@H](c2ccccc2)OC(=O)[C@H]2[C@@H]3O[C@@]4(C=C3Br)[C@@H]2C(=O)N(CCCCCO)[C@@H]4C(=O)N(c2ccccc2Cl)C/C=C\CCC(=O)N1C. The van der Waals surface area contributed by atoms with E-state index in [4.69, 9.17) is 21.1 Å². The largest absolute Gasteiger partial charge is 0.455 e. The number of allylic oxidation sites excluding steroid dienone is 1. The van der Waals surface area contributed by atoms with Gasteiger partial charge in [0.1, 0.15) is 29.8 Å². The number of benzene rings is 2. The van der Waals surface area contributed by atoms with Gasteiger partial charge < -0.3 is 29.3 Å². The van der Waals surface area contributed by atoms with E-state index >= 15 is 0 Å². The third kappa shape index (κ3) is 6.46. The number of likely N-dealkylation sites (N-methyl/N-ethyl adjacent to an activating group) is 1. The van der Waals surface area contributed by atoms with Gasteiger partial charge in [0.25, 0.3) is 5.91 Å². The number of halogens is 2. The number of anilines is 1. The van der Waals surface area contributed by atoms with Crippen molar-refractivity contribution in [3.05, 3.63) is 87.9 Å². The van der Waals surface area contributed by atoms with Crippen LogP contribution in [-0.4, -0.2) is 89.1 Å². The van der Waals surface area contributed by atoms with Crippen LogP contribution in [0.3, 0.4) is 0 Å². The Kier molecular flexibility index (Phi) is 10.6. The van der Waals surface area contributed by atoms with Gasteiger partial charge in [-0.2, -0.15) is 0 Å². The molecule has 5 bridgehead atoms. The monoisotopic (exact) mass is 753 g/mol. The molecule has 0 unspecified atom stereocenters. The van der Waals surface area contributed by atoms with E-state index in [2.05, 4.69) is 15.9 Å². The summed E-state index contributed by atoms with van der Waals surface area (Å²) < 4.78 is 13.5. The van der Waals surface area contributed by atoms with Crippen molar-refractivity contribution >= 4 is 56.9 Å². The summed E-state index contributed by atoms with van der Waals surface area (Å²) in [5.74, 6) is -3.61.